The van der Waals surface area contributed by atoms with Gasteiger partial charge < -0.3 is 15.0 Å². The number of carbonyl (C=O) groups excluding carboxylic acids is 2. The van der Waals surface area contributed by atoms with Crippen LogP contribution in [0.5, 0.6) is 5.75 Å². The molecule has 1 saturated carbocycles. The molecular formula is C28H38N2O3. The molecule has 0 bridgehead atoms. The Morgan fingerprint density at radius 3 is 2.36 bits per heavy atom. The average molecular weight is 451 g/mol. The Bertz CT molecular complexity index is 940. The zero-order valence-corrected chi connectivity index (χ0v) is 20.7. The third-order valence-corrected chi connectivity index (χ3v) is 6.39. The molecule has 1 atom stereocenters. The second kappa shape index (κ2) is 10.9. The third kappa shape index (κ3) is 7.08. The minimum atomic E-state index is -0.578. The van der Waals surface area contributed by atoms with Gasteiger partial charge in [-0.25, -0.2) is 0 Å². The minimum Gasteiger partial charge on any atom is -0.484 e. The molecule has 0 unspecified atom stereocenters. The highest BCUT2D eigenvalue weighted by Gasteiger charge is 2.28. The quantitative estimate of drug-likeness (QED) is 0.605. The van der Waals surface area contributed by atoms with Crippen LogP contribution < -0.4 is 10.1 Å². The number of nitrogens with one attached hydrogen (secondary N) is 1. The van der Waals surface area contributed by atoms with E-state index in [0.29, 0.717) is 12.3 Å². The molecule has 0 aromatic heterocycles. The smallest absolute Gasteiger partial charge is 0.261 e. The Kier molecular flexibility index (Phi) is 8.17. The van der Waals surface area contributed by atoms with Crippen molar-refractivity contribution in [3.8, 4) is 5.75 Å². The highest BCUT2D eigenvalue weighted by Crippen LogP contribution is 2.24. The van der Waals surface area contributed by atoms with Gasteiger partial charge in [-0.2, -0.15) is 0 Å². The fourth-order valence-electron chi connectivity index (χ4n) is 4.26. The van der Waals surface area contributed by atoms with E-state index in [1.807, 2.05) is 55.5 Å². The maximum atomic E-state index is 13.2. The van der Waals surface area contributed by atoms with Gasteiger partial charge in [-0.1, -0.05) is 75.6 Å². The number of carbonyl (C=O) groups is 2. The van der Waals surface area contributed by atoms with Crippen LogP contribution in [0.4, 0.5) is 0 Å². The van der Waals surface area contributed by atoms with E-state index in [2.05, 4.69) is 26.1 Å². The fraction of sp³-hybridized carbons (Fsp3) is 0.500. The molecule has 1 N–H and O–H groups in total. The van der Waals surface area contributed by atoms with Crippen LogP contribution in [0.3, 0.4) is 0 Å². The summed E-state index contributed by atoms with van der Waals surface area (Å²) in [6, 6.07) is 15.5. The van der Waals surface area contributed by atoms with Gasteiger partial charge >= 0.3 is 0 Å². The Balaban J connectivity index is 1.70. The molecule has 3 rings (SSSR count). The van der Waals surface area contributed by atoms with Gasteiger partial charge in [0.25, 0.3) is 5.91 Å². The second-order valence-corrected chi connectivity index (χ2v) is 10.2. The van der Waals surface area contributed by atoms with E-state index >= 15 is 0 Å². The van der Waals surface area contributed by atoms with Crippen molar-refractivity contribution in [1.29, 1.82) is 0 Å². The molecule has 33 heavy (non-hydrogen) atoms. The molecule has 2 aromatic rings. The highest BCUT2D eigenvalue weighted by molar-refractivity contribution is 5.88. The van der Waals surface area contributed by atoms with Crippen LogP contribution in [0.25, 0.3) is 0 Å². The number of aryl methyl sites for hydroxylation is 1. The lowest BCUT2D eigenvalue weighted by atomic mass is 9.87. The topological polar surface area (TPSA) is 58.6 Å². The van der Waals surface area contributed by atoms with Gasteiger partial charge in [0.2, 0.25) is 5.91 Å². The summed E-state index contributed by atoms with van der Waals surface area (Å²) < 4.78 is 5.82. The van der Waals surface area contributed by atoms with Gasteiger partial charge in [0.1, 0.15) is 11.8 Å². The van der Waals surface area contributed by atoms with E-state index in [-0.39, 0.29) is 29.9 Å². The van der Waals surface area contributed by atoms with Crippen molar-refractivity contribution < 1.29 is 14.3 Å². The highest BCUT2D eigenvalue weighted by atomic mass is 16.5. The Hall–Kier alpha value is -2.82. The number of benzene rings is 2. The number of nitrogens with zero attached hydrogens (tertiary/aromatic N) is 1. The first-order valence-electron chi connectivity index (χ1n) is 12.0. The third-order valence-electron chi connectivity index (χ3n) is 6.39. The van der Waals surface area contributed by atoms with Gasteiger partial charge in [-0.05, 0) is 55.4 Å². The SMILES string of the molecule is Cc1cccc(CN(C(=O)COc2ccc(C(C)(C)C)cc2)[C@@H](C)C(=O)NC2CCCC2)c1. The summed E-state index contributed by atoms with van der Waals surface area (Å²) >= 11 is 0. The van der Waals surface area contributed by atoms with Crippen molar-refractivity contribution in [3.63, 3.8) is 0 Å². The normalized spacial score (nSPS) is 15.2. The van der Waals surface area contributed by atoms with Crippen molar-refractivity contribution >= 4 is 11.8 Å². The molecule has 1 aliphatic carbocycles. The molecule has 1 fully saturated rings. The fourth-order valence-corrected chi connectivity index (χ4v) is 4.26. The molecule has 0 spiro atoms. The summed E-state index contributed by atoms with van der Waals surface area (Å²) in [6.45, 7) is 10.6. The van der Waals surface area contributed by atoms with E-state index in [1.165, 1.54) is 5.56 Å². The summed E-state index contributed by atoms with van der Waals surface area (Å²) in [7, 11) is 0. The van der Waals surface area contributed by atoms with Crippen LogP contribution in [-0.2, 0) is 21.5 Å². The van der Waals surface area contributed by atoms with Crippen molar-refractivity contribution in [2.45, 2.75) is 84.3 Å². The number of rotatable bonds is 8. The maximum Gasteiger partial charge on any atom is 0.261 e. The minimum absolute atomic E-state index is 0.0566. The maximum absolute atomic E-state index is 13.2. The monoisotopic (exact) mass is 450 g/mol. The summed E-state index contributed by atoms with van der Waals surface area (Å²) in [4.78, 5) is 27.8. The molecule has 0 heterocycles. The summed E-state index contributed by atoms with van der Waals surface area (Å²) in [5.74, 6) is 0.345. The van der Waals surface area contributed by atoms with Crippen LogP contribution in [0.1, 0.15) is 70.1 Å². The van der Waals surface area contributed by atoms with E-state index in [1.54, 1.807) is 11.8 Å². The lowest BCUT2D eigenvalue weighted by Crippen LogP contribution is -2.50. The lowest BCUT2D eigenvalue weighted by molar-refractivity contribution is -0.142. The predicted octanol–water partition coefficient (Wildman–Crippen LogP) is 5.15. The first kappa shape index (κ1) is 24.8. The number of hydrogen-bond acceptors (Lipinski definition) is 3. The van der Waals surface area contributed by atoms with Crippen molar-refractivity contribution in [2.75, 3.05) is 6.61 Å². The molecule has 2 aromatic carbocycles. The Morgan fingerprint density at radius 2 is 1.76 bits per heavy atom. The van der Waals surface area contributed by atoms with Gasteiger partial charge in [0.05, 0.1) is 0 Å². The number of hydrogen-bond donors (Lipinski definition) is 1. The van der Waals surface area contributed by atoms with Crippen molar-refractivity contribution in [1.82, 2.24) is 10.2 Å². The van der Waals surface area contributed by atoms with Gasteiger partial charge in [-0.15, -0.1) is 0 Å². The molecule has 0 radical (unpaired) electrons. The molecule has 2 amide bonds. The zero-order chi connectivity index (χ0) is 24.0. The van der Waals surface area contributed by atoms with Crippen molar-refractivity contribution in [2.24, 2.45) is 0 Å². The Labute approximate surface area is 198 Å². The standard InChI is InChI=1S/C28H38N2O3/c1-20-9-8-10-22(17-20)18-30(21(2)27(32)29-24-11-6-7-12-24)26(31)19-33-25-15-13-23(14-16-25)28(3,4)5/h8-10,13-17,21,24H,6-7,11-12,18-19H2,1-5H3,(H,29,32)/t21-/m0/s1. The van der Waals surface area contributed by atoms with Crippen LogP contribution in [0.2, 0.25) is 0 Å². The van der Waals surface area contributed by atoms with Crippen LogP contribution in [-0.4, -0.2) is 35.4 Å². The molecule has 1 aliphatic rings. The van der Waals surface area contributed by atoms with Crippen molar-refractivity contribution in [3.05, 3.63) is 65.2 Å². The van der Waals surface area contributed by atoms with E-state index in [4.69, 9.17) is 4.74 Å². The molecule has 178 valence electrons. The molecular weight excluding hydrogens is 412 g/mol. The Morgan fingerprint density at radius 1 is 1.09 bits per heavy atom. The van der Waals surface area contributed by atoms with E-state index in [9.17, 15) is 9.59 Å². The summed E-state index contributed by atoms with van der Waals surface area (Å²) in [5.41, 5.74) is 3.39. The van der Waals surface area contributed by atoms with Crippen LogP contribution >= 0.6 is 0 Å². The van der Waals surface area contributed by atoms with E-state index in [0.717, 1.165) is 36.8 Å². The van der Waals surface area contributed by atoms with E-state index < -0.39 is 6.04 Å². The first-order chi connectivity index (χ1) is 15.6. The molecule has 5 heteroatoms. The zero-order valence-electron chi connectivity index (χ0n) is 20.7. The second-order valence-electron chi connectivity index (χ2n) is 10.2. The molecule has 0 aliphatic heterocycles. The molecule has 5 nitrogen and oxygen atoms in total. The van der Waals surface area contributed by atoms with Gasteiger partial charge in [-0.3, -0.25) is 9.59 Å². The van der Waals surface area contributed by atoms with Gasteiger partial charge in [0, 0.05) is 12.6 Å². The largest absolute Gasteiger partial charge is 0.484 e. The van der Waals surface area contributed by atoms with Gasteiger partial charge in [0.15, 0.2) is 6.61 Å². The molecule has 0 saturated heterocycles. The van der Waals surface area contributed by atoms with Crippen LogP contribution in [0.15, 0.2) is 48.5 Å². The predicted molar refractivity (Wildman–Crippen MR) is 132 cm³/mol. The average Bonchev–Trinajstić information content (AvgIpc) is 3.28. The first-order valence-corrected chi connectivity index (χ1v) is 12.0. The summed E-state index contributed by atoms with van der Waals surface area (Å²) in [5, 5.41) is 3.13. The summed E-state index contributed by atoms with van der Waals surface area (Å²) in [6.07, 6.45) is 4.32. The van der Waals surface area contributed by atoms with Crippen LogP contribution in [0, 0.1) is 6.92 Å². The lowest BCUT2D eigenvalue weighted by Gasteiger charge is -2.29. The number of ether oxygens (including phenoxy) is 1. The number of amides is 2.